The summed E-state index contributed by atoms with van der Waals surface area (Å²) in [6.45, 7) is 1.42. The van der Waals surface area contributed by atoms with E-state index in [9.17, 15) is 19.7 Å². The van der Waals surface area contributed by atoms with Crippen molar-refractivity contribution in [3.8, 4) is 11.3 Å². The van der Waals surface area contributed by atoms with Crippen molar-refractivity contribution in [2.75, 3.05) is 5.32 Å². The van der Waals surface area contributed by atoms with Crippen LogP contribution >= 0.6 is 27.5 Å². The van der Waals surface area contributed by atoms with Crippen molar-refractivity contribution in [1.82, 2.24) is 4.98 Å². The van der Waals surface area contributed by atoms with Crippen molar-refractivity contribution < 1.29 is 19.2 Å². The molecule has 3 aromatic carbocycles. The molecular weight excluding hydrogens is 538 g/mol. The number of rotatable bonds is 6. The Morgan fingerprint density at radius 3 is 2.57 bits per heavy atom. The summed E-state index contributed by atoms with van der Waals surface area (Å²) in [5.74, 6) is -1.34. The van der Waals surface area contributed by atoms with E-state index in [0.717, 1.165) is 16.1 Å². The first-order valence-corrected chi connectivity index (χ1v) is 11.5. The average molecular weight is 555 g/mol. The van der Waals surface area contributed by atoms with Gasteiger partial charge in [0.15, 0.2) is 6.10 Å². The van der Waals surface area contributed by atoms with Gasteiger partial charge < -0.3 is 10.1 Å². The topological polar surface area (TPSA) is 111 Å². The molecule has 1 N–H and O–H groups in total. The van der Waals surface area contributed by atoms with Crippen LogP contribution in [0.3, 0.4) is 0 Å². The van der Waals surface area contributed by atoms with Crippen LogP contribution in [0.15, 0.2) is 77.3 Å². The molecule has 0 spiro atoms. The van der Waals surface area contributed by atoms with Gasteiger partial charge in [-0.05, 0) is 37.3 Å². The lowest BCUT2D eigenvalue weighted by Gasteiger charge is -2.15. The van der Waals surface area contributed by atoms with Crippen molar-refractivity contribution in [3.05, 3.63) is 98.0 Å². The van der Waals surface area contributed by atoms with Crippen molar-refractivity contribution >= 4 is 61.7 Å². The summed E-state index contributed by atoms with van der Waals surface area (Å²) in [7, 11) is 0. The largest absolute Gasteiger partial charge is 0.449 e. The number of benzene rings is 3. The van der Waals surface area contributed by atoms with Gasteiger partial charge in [0.1, 0.15) is 0 Å². The number of hydrogen-bond acceptors (Lipinski definition) is 6. The number of nitro groups is 1. The van der Waals surface area contributed by atoms with Gasteiger partial charge >= 0.3 is 5.97 Å². The van der Waals surface area contributed by atoms with Crippen LogP contribution in [-0.2, 0) is 9.53 Å². The van der Waals surface area contributed by atoms with Crippen molar-refractivity contribution in [3.63, 3.8) is 0 Å². The molecule has 0 aliphatic carbocycles. The Bertz CT molecular complexity index is 1480. The molecule has 1 amide bonds. The van der Waals surface area contributed by atoms with E-state index in [-0.39, 0.29) is 22.0 Å². The van der Waals surface area contributed by atoms with Crippen LogP contribution < -0.4 is 5.32 Å². The molecule has 176 valence electrons. The Morgan fingerprint density at radius 1 is 1.09 bits per heavy atom. The Hall–Kier alpha value is -3.82. The molecule has 35 heavy (non-hydrogen) atoms. The van der Waals surface area contributed by atoms with E-state index in [4.69, 9.17) is 16.3 Å². The number of nitro benzene ring substituents is 1. The summed E-state index contributed by atoms with van der Waals surface area (Å²) in [6.07, 6.45) is -1.17. The van der Waals surface area contributed by atoms with Crippen molar-refractivity contribution in [1.29, 1.82) is 0 Å². The second-order valence-corrected chi connectivity index (χ2v) is 8.86. The minimum atomic E-state index is -1.17. The number of anilines is 1. The summed E-state index contributed by atoms with van der Waals surface area (Å²) < 4.78 is 6.32. The molecule has 10 heteroatoms. The van der Waals surface area contributed by atoms with E-state index in [1.54, 1.807) is 24.3 Å². The normalized spacial score (nSPS) is 11.6. The number of amides is 1. The quantitative estimate of drug-likeness (QED) is 0.167. The molecule has 0 fully saturated rings. The molecule has 1 unspecified atom stereocenters. The molecule has 0 radical (unpaired) electrons. The van der Waals surface area contributed by atoms with E-state index in [1.165, 1.54) is 19.1 Å². The number of ether oxygens (including phenoxy) is 1. The summed E-state index contributed by atoms with van der Waals surface area (Å²) in [6, 6.07) is 19.9. The number of nitrogens with zero attached hydrogens (tertiary/aromatic N) is 2. The third kappa shape index (κ3) is 5.47. The Morgan fingerprint density at radius 2 is 1.86 bits per heavy atom. The van der Waals surface area contributed by atoms with Crippen LogP contribution in [0.5, 0.6) is 0 Å². The average Bonchev–Trinajstić information content (AvgIpc) is 2.84. The lowest BCUT2D eigenvalue weighted by atomic mass is 10.0. The van der Waals surface area contributed by atoms with Crippen molar-refractivity contribution in [2.45, 2.75) is 13.0 Å². The number of non-ortho nitro benzene ring substituents is 1. The first-order valence-electron chi connectivity index (χ1n) is 10.3. The Kier molecular flexibility index (Phi) is 7.09. The zero-order valence-corrected chi connectivity index (χ0v) is 20.5. The number of hydrogen-bond donors (Lipinski definition) is 1. The fourth-order valence-corrected chi connectivity index (χ4v) is 3.99. The van der Waals surface area contributed by atoms with Crippen LogP contribution in [0.1, 0.15) is 17.3 Å². The maximum absolute atomic E-state index is 13.1. The molecule has 0 aliphatic heterocycles. The number of esters is 1. The zero-order valence-electron chi connectivity index (χ0n) is 18.2. The van der Waals surface area contributed by atoms with Gasteiger partial charge in [0.25, 0.3) is 11.6 Å². The summed E-state index contributed by atoms with van der Waals surface area (Å²) in [5, 5.41) is 14.0. The fourth-order valence-electron chi connectivity index (χ4n) is 3.37. The second kappa shape index (κ2) is 10.2. The van der Waals surface area contributed by atoms with Crippen molar-refractivity contribution in [2.24, 2.45) is 0 Å². The van der Waals surface area contributed by atoms with Gasteiger partial charge in [-0.1, -0.05) is 57.9 Å². The third-order valence-corrected chi connectivity index (χ3v) is 5.94. The SMILES string of the molecule is CC(OC(=O)c1cc(-c2cccc(Br)c2)nc2ccccc12)C(=O)Nc1ccc([N+](=O)[O-])cc1Cl. The fraction of sp³-hybridized carbons (Fsp3) is 0.0800. The van der Waals surface area contributed by atoms with E-state index >= 15 is 0 Å². The van der Waals surface area contributed by atoms with E-state index < -0.39 is 22.9 Å². The van der Waals surface area contributed by atoms with E-state index in [1.807, 2.05) is 30.3 Å². The summed E-state index contributed by atoms with van der Waals surface area (Å²) in [4.78, 5) is 40.7. The first-order chi connectivity index (χ1) is 16.7. The minimum absolute atomic E-state index is 0.00938. The number of aromatic nitrogens is 1. The predicted molar refractivity (Wildman–Crippen MR) is 136 cm³/mol. The van der Waals surface area contributed by atoms with Gasteiger partial charge in [-0.15, -0.1) is 0 Å². The molecule has 4 aromatic rings. The minimum Gasteiger partial charge on any atom is -0.449 e. The summed E-state index contributed by atoms with van der Waals surface area (Å²) in [5.41, 5.74) is 2.20. The number of halogens is 2. The number of para-hydroxylation sites is 1. The number of nitrogens with one attached hydrogen (secondary N) is 1. The molecule has 0 aliphatic rings. The second-order valence-electron chi connectivity index (χ2n) is 7.54. The van der Waals surface area contributed by atoms with Crippen LogP contribution in [0.25, 0.3) is 22.2 Å². The molecule has 4 rings (SSSR count). The first kappa shape index (κ1) is 24.3. The zero-order chi connectivity index (χ0) is 25.1. The molecular formula is C25H17BrClN3O5. The number of pyridine rings is 1. The van der Waals surface area contributed by atoms with Crippen LogP contribution in [0, 0.1) is 10.1 Å². The van der Waals surface area contributed by atoms with E-state index in [0.29, 0.717) is 16.6 Å². The third-order valence-electron chi connectivity index (χ3n) is 5.13. The van der Waals surface area contributed by atoms with Gasteiger partial charge in [0.05, 0.1) is 32.4 Å². The standard InChI is InChI=1S/C25H17BrClN3O5/c1-14(24(31)29-22-10-9-17(30(33)34)12-20(22)27)35-25(32)19-13-23(15-5-4-6-16(26)11-15)28-21-8-3-2-7-18(19)21/h2-14H,1H3,(H,29,31). The molecule has 0 saturated heterocycles. The molecule has 0 saturated carbocycles. The molecule has 8 nitrogen and oxygen atoms in total. The number of fused-ring (bicyclic) bond motifs is 1. The number of carbonyl (C=O) groups excluding carboxylic acids is 2. The maximum atomic E-state index is 13.1. The Labute approximate surface area is 213 Å². The highest BCUT2D eigenvalue weighted by Gasteiger charge is 2.23. The van der Waals surface area contributed by atoms with Crippen LogP contribution in [0.2, 0.25) is 5.02 Å². The molecule has 1 aromatic heterocycles. The predicted octanol–water partition coefficient (Wildman–Crippen LogP) is 6.41. The van der Waals surface area contributed by atoms with Gasteiger partial charge in [-0.3, -0.25) is 14.9 Å². The molecule has 1 heterocycles. The molecule has 0 bridgehead atoms. The van der Waals surface area contributed by atoms with Gasteiger partial charge in [0.2, 0.25) is 0 Å². The van der Waals surface area contributed by atoms with Gasteiger partial charge in [-0.25, -0.2) is 9.78 Å². The highest BCUT2D eigenvalue weighted by molar-refractivity contribution is 9.10. The van der Waals surface area contributed by atoms with Gasteiger partial charge in [0, 0.05) is 27.6 Å². The van der Waals surface area contributed by atoms with Crippen LogP contribution in [0.4, 0.5) is 11.4 Å². The Balaban J connectivity index is 1.58. The van der Waals surface area contributed by atoms with Gasteiger partial charge in [-0.2, -0.15) is 0 Å². The lowest BCUT2D eigenvalue weighted by molar-refractivity contribution is -0.384. The highest BCUT2D eigenvalue weighted by atomic mass is 79.9. The highest BCUT2D eigenvalue weighted by Crippen LogP contribution is 2.29. The van der Waals surface area contributed by atoms with Crippen LogP contribution in [-0.4, -0.2) is 27.9 Å². The smallest absolute Gasteiger partial charge is 0.339 e. The monoisotopic (exact) mass is 553 g/mol. The van der Waals surface area contributed by atoms with E-state index in [2.05, 4.69) is 26.2 Å². The number of carbonyl (C=O) groups is 2. The molecule has 1 atom stereocenters. The summed E-state index contributed by atoms with van der Waals surface area (Å²) >= 11 is 9.48. The lowest BCUT2D eigenvalue weighted by Crippen LogP contribution is -2.30. The maximum Gasteiger partial charge on any atom is 0.339 e.